The van der Waals surface area contributed by atoms with Crippen molar-refractivity contribution in [3.8, 4) is 0 Å². The number of halogens is 1. The number of carbonyl (C=O) groups is 3. The molecule has 8 rings (SSSR count). The van der Waals surface area contributed by atoms with Crippen molar-refractivity contribution in [2.45, 2.75) is 98.0 Å². The van der Waals surface area contributed by atoms with E-state index in [2.05, 4.69) is 103 Å². The maximum Gasteiger partial charge on any atom is 0.327 e. The zero-order valence-corrected chi connectivity index (χ0v) is 44.7. The summed E-state index contributed by atoms with van der Waals surface area (Å²) in [7, 11) is 2.83. The van der Waals surface area contributed by atoms with Gasteiger partial charge in [-0.3, -0.25) is 19.4 Å². The van der Waals surface area contributed by atoms with Gasteiger partial charge in [0, 0.05) is 48.9 Å². The summed E-state index contributed by atoms with van der Waals surface area (Å²) in [6.45, 7) is 19.1. The maximum atomic E-state index is 13.1. The molecule has 400 valence electrons. The zero-order chi connectivity index (χ0) is 51.2. The Hall–Kier alpha value is -5.73. The minimum absolute atomic E-state index is 0. The molecule has 3 atom stereocenters. The van der Waals surface area contributed by atoms with Gasteiger partial charge in [-0.05, 0) is 171 Å². The third-order valence-electron chi connectivity index (χ3n) is 12.7. The van der Waals surface area contributed by atoms with E-state index in [9.17, 15) is 14.4 Å². The van der Waals surface area contributed by atoms with Gasteiger partial charge < -0.3 is 35.6 Å². The number of anilines is 4. The fourth-order valence-corrected chi connectivity index (χ4v) is 9.21. The summed E-state index contributed by atoms with van der Waals surface area (Å²) in [6, 6.07) is 45.1. The van der Waals surface area contributed by atoms with Crippen LogP contribution in [-0.2, 0) is 23.9 Å². The average molecular weight is 1070 g/mol. The molecule has 0 spiro atoms. The molecule has 12 nitrogen and oxygen atoms in total. The van der Waals surface area contributed by atoms with Gasteiger partial charge in [0.2, 0.25) is 5.91 Å². The molecular formula is C60H88BrN7O5. The van der Waals surface area contributed by atoms with Gasteiger partial charge >= 0.3 is 11.9 Å². The van der Waals surface area contributed by atoms with Crippen molar-refractivity contribution >= 4 is 56.5 Å². The highest BCUT2D eigenvalue weighted by Crippen LogP contribution is 2.29. The minimum Gasteiger partial charge on any atom is -0.468 e. The number of likely N-dealkylation sites (tertiary alicyclic amines) is 2. The van der Waals surface area contributed by atoms with Gasteiger partial charge in [0.15, 0.2) is 0 Å². The lowest BCUT2D eigenvalue weighted by Gasteiger charge is -2.27. The standard InChI is InChI=1S/C22H29N3O.C13H17NO2.C10H16N2.C9H9BrO2.C4H9N.2CH4/c1-3-24(4-2)20-14-12-19(13-15-20)23-22(26)21(25-16-8-9-17-25)18-10-6-5-7-11-18;1-16-13(15)12(14-9-5-6-10-14)11-7-3-2-4-8-11;1-3-12(4-2)10-7-5-9(11)6-8-10;1-12-9(11)8(10)7-5-3-2-4-6-7;1-2-4-5-3-1;;/h5-7,10-15,21H,3-4,8-9,16-17H2,1-2H3,(H,23,26);2-4,7-8,12H,5-6,9-10H2,1H3;5-8H,3-4,11H2,1-2H3;2-6,8H,1H3;5H,1-4H2;2*1H4. The molecule has 3 aliphatic heterocycles. The zero-order valence-electron chi connectivity index (χ0n) is 43.1. The Balaban J connectivity index is 0.000000336. The van der Waals surface area contributed by atoms with Gasteiger partial charge in [-0.1, -0.05) is 122 Å². The van der Waals surface area contributed by atoms with Crippen LogP contribution < -0.4 is 26.2 Å². The van der Waals surface area contributed by atoms with Crippen LogP contribution in [0, 0.1) is 0 Å². The Morgan fingerprint density at radius 2 is 0.918 bits per heavy atom. The Bertz CT molecular complexity index is 2190. The Kier molecular flexibility index (Phi) is 31.5. The molecule has 0 bridgehead atoms. The quantitative estimate of drug-likeness (QED) is 0.0526. The second-order valence-electron chi connectivity index (χ2n) is 17.4. The van der Waals surface area contributed by atoms with E-state index in [1.807, 2.05) is 115 Å². The summed E-state index contributed by atoms with van der Waals surface area (Å²) in [5, 5.41) is 6.34. The molecule has 0 aromatic heterocycles. The number of carbonyl (C=O) groups excluding carboxylic acids is 3. The van der Waals surface area contributed by atoms with Crippen LogP contribution in [-0.4, -0.2) is 107 Å². The molecule has 5 aromatic rings. The summed E-state index contributed by atoms with van der Waals surface area (Å²) in [6.07, 6.45) is 7.44. The smallest absolute Gasteiger partial charge is 0.327 e. The molecule has 4 N–H and O–H groups in total. The number of benzene rings is 5. The van der Waals surface area contributed by atoms with Gasteiger partial charge in [0.05, 0.1) is 14.2 Å². The number of nitrogen functional groups attached to an aromatic ring is 1. The van der Waals surface area contributed by atoms with Crippen LogP contribution in [0.4, 0.5) is 22.7 Å². The van der Waals surface area contributed by atoms with E-state index in [-0.39, 0.29) is 49.6 Å². The summed E-state index contributed by atoms with van der Waals surface area (Å²) >= 11 is 3.24. The second-order valence-corrected chi connectivity index (χ2v) is 18.3. The number of methoxy groups -OCH3 is 2. The normalized spacial score (nSPS) is 14.8. The van der Waals surface area contributed by atoms with Crippen LogP contribution in [0.3, 0.4) is 0 Å². The first kappa shape index (κ1) is 63.4. The molecule has 13 heteroatoms. The Labute approximate surface area is 448 Å². The van der Waals surface area contributed by atoms with E-state index >= 15 is 0 Å². The number of rotatable bonds is 15. The summed E-state index contributed by atoms with van der Waals surface area (Å²) in [5.41, 5.74) is 12.7. The van der Waals surface area contributed by atoms with Gasteiger partial charge in [-0.15, -0.1) is 0 Å². The van der Waals surface area contributed by atoms with Crippen molar-refractivity contribution in [2.24, 2.45) is 0 Å². The Morgan fingerprint density at radius 1 is 0.548 bits per heavy atom. The van der Waals surface area contributed by atoms with Crippen molar-refractivity contribution in [3.63, 3.8) is 0 Å². The number of nitrogens with one attached hydrogen (secondary N) is 2. The van der Waals surface area contributed by atoms with E-state index in [1.54, 1.807) is 0 Å². The van der Waals surface area contributed by atoms with Crippen molar-refractivity contribution in [1.29, 1.82) is 0 Å². The predicted octanol–water partition coefficient (Wildman–Crippen LogP) is 12.4. The number of nitrogens with zero attached hydrogens (tertiary/aromatic N) is 4. The van der Waals surface area contributed by atoms with Crippen LogP contribution in [0.25, 0.3) is 0 Å². The highest BCUT2D eigenvalue weighted by molar-refractivity contribution is 9.09. The molecule has 1 amide bonds. The predicted molar refractivity (Wildman–Crippen MR) is 311 cm³/mol. The van der Waals surface area contributed by atoms with Crippen LogP contribution in [0.5, 0.6) is 0 Å². The lowest BCUT2D eigenvalue weighted by Crippen LogP contribution is -2.35. The largest absolute Gasteiger partial charge is 0.468 e. The molecule has 3 unspecified atom stereocenters. The lowest BCUT2D eigenvalue weighted by atomic mass is 10.0. The number of nitrogens with two attached hydrogens (primary N) is 1. The van der Waals surface area contributed by atoms with Crippen molar-refractivity contribution < 1.29 is 23.9 Å². The number of alkyl halides is 1. The highest BCUT2D eigenvalue weighted by atomic mass is 79.9. The van der Waals surface area contributed by atoms with E-state index in [1.165, 1.54) is 64.4 Å². The fraction of sp³-hybridized carbons (Fsp3) is 0.450. The second kappa shape index (κ2) is 36.2. The van der Waals surface area contributed by atoms with E-state index in [0.29, 0.717) is 0 Å². The number of hydrogen-bond donors (Lipinski definition) is 3. The number of amides is 1. The molecule has 0 radical (unpaired) electrons. The fourth-order valence-electron chi connectivity index (χ4n) is 8.72. The van der Waals surface area contributed by atoms with Gasteiger partial charge in [0.1, 0.15) is 16.9 Å². The van der Waals surface area contributed by atoms with Crippen molar-refractivity contribution in [3.05, 3.63) is 156 Å². The minimum atomic E-state index is -0.358. The van der Waals surface area contributed by atoms with Crippen molar-refractivity contribution in [1.82, 2.24) is 15.1 Å². The van der Waals surface area contributed by atoms with Crippen LogP contribution in [0.1, 0.15) is 115 Å². The molecule has 0 saturated carbocycles. The number of esters is 2. The summed E-state index contributed by atoms with van der Waals surface area (Å²) in [4.78, 5) is 44.7. The first-order chi connectivity index (χ1) is 34.6. The van der Waals surface area contributed by atoms with Crippen LogP contribution in [0.15, 0.2) is 140 Å². The number of ether oxygens (including phenoxy) is 2. The van der Waals surface area contributed by atoms with Gasteiger partial charge in [-0.2, -0.15) is 0 Å². The monoisotopic (exact) mass is 1070 g/mol. The van der Waals surface area contributed by atoms with E-state index in [4.69, 9.17) is 10.5 Å². The van der Waals surface area contributed by atoms with E-state index in [0.717, 1.165) is 93.3 Å². The van der Waals surface area contributed by atoms with E-state index < -0.39 is 0 Å². The molecule has 73 heavy (non-hydrogen) atoms. The molecule has 3 heterocycles. The third-order valence-corrected chi connectivity index (χ3v) is 13.6. The van der Waals surface area contributed by atoms with Gasteiger partial charge in [-0.25, -0.2) is 4.79 Å². The SMILES string of the molecule is C.C.C1CCNC1.CCN(CC)c1ccc(N)cc1.CCN(CC)c1ccc(NC(=O)C(c2ccccc2)N2CCCC2)cc1.COC(=O)C(Br)c1ccccc1.COC(=O)C(c1ccccc1)N1CCCC1. The molecule has 3 saturated heterocycles. The molecule has 0 aliphatic carbocycles. The molecule has 5 aromatic carbocycles. The first-order valence-corrected chi connectivity index (χ1v) is 26.4. The van der Waals surface area contributed by atoms with Gasteiger partial charge in [0.25, 0.3) is 0 Å². The third kappa shape index (κ3) is 21.3. The lowest BCUT2D eigenvalue weighted by molar-refractivity contribution is -0.147. The number of hydrogen-bond acceptors (Lipinski definition) is 11. The average Bonchev–Trinajstić information content (AvgIpc) is 4.28. The molecule has 3 fully saturated rings. The first-order valence-electron chi connectivity index (χ1n) is 25.5. The van der Waals surface area contributed by atoms with Crippen molar-refractivity contribution in [2.75, 3.05) is 101 Å². The summed E-state index contributed by atoms with van der Waals surface area (Å²) < 4.78 is 9.48. The maximum absolute atomic E-state index is 13.1. The summed E-state index contributed by atoms with van der Waals surface area (Å²) in [5.74, 6) is -0.386. The highest BCUT2D eigenvalue weighted by Gasteiger charge is 2.31. The molecular weight excluding hydrogens is 979 g/mol. The topological polar surface area (TPSA) is 133 Å². The van der Waals surface area contributed by atoms with Crippen LogP contribution in [0.2, 0.25) is 0 Å². The molecule has 3 aliphatic rings. The van der Waals surface area contributed by atoms with Crippen LogP contribution >= 0.6 is 15.9 Å². The Morgan fingerprint density at radius 3 is 1.29 bits per heavy atom.